The quantitative estimate of drug-likeness (QED) is 0.721. The zero-order valence-corrected chi connectivity index (χ0v) is 11.5. The van der Waals surface area contributed by atoms with Crippen LogP contribution in [0.3, 0.4) is 0 Å². The first-order valence-electron chi connectivity index (χ1n) is 7.27. The van der Waals surface area contributed by atoms with Crippen LogP contribution >= 0.6 is 0 Å². The Morgan fingerprint density at radius 3 is 2.61 bits per heavy atom. The van der Waals surface area contributed by atoms with Crippen LogP contribution < -0.4 is 10.6 Å². The zero-order valence-electron chi connectivity index (χ0n) is 11.5. The molecule has 2 saturated carbocycles. The summed E-state index contributed by atoms with van der Waals surface area (Å²) in [6.45, 7) is 4.86. The maximum atomic E-state index is 11.8. The maximum Gasteiger partial charge on any atom is 0.315 e. The average Bonchev–Trinajstić information content (AvgIpc) is 2.30. The largest absolute Gasteiger partial charge is 0.388 e. The first kappa shape index (κ1) is 13.7. The molecule has 3 unspecified atom stereocenters. The Bertz CT molecular complexity index is 302. The molecule has 4 heteroatoms. The predicted molar refractivity (Wildman–Crippen MR) is 71.3 cm³/mol. The van der Waals surface area contributed by atoms with Gasteiger partial charge in [-0.15, -0.1) is 0 Å². The molecular weight excluding hydrogens is 228 g/mol. The lowest BCUT2D eigenvalue weighted by Gasteiger charge is -2.37. The minimum absolute atomic E-state index is 0.124. The van der Waals surface area contributed by atoms with Gasteiger partial charge in [-0.05, 0) is 37.5 Å². The van der Waals surface area contributed by atoms with Gasteiger partial charge in [0.25, 0.3) is 0 Å². The Morgan fingerprint density at radius 1 is 1.28 bits per heavy atom. The Hall–Kier alpha value is -0.770. The topological polar surface area (TPSA) is 61.4 Å². The van der Waals surface area contributed by atoms with E-state index < -0.39 is 5.60 Å². The second-order valence-electron chi connectivity index (χ2n) is 6.28. The third-order valence-electron chi connectivity index (χ3n) is 4.89. The van der Waals surface area contributed by atoms with Gasteiger partial charge in [0, 0.05) is 12.6 Å². The average molecular weight is 254 g/mol. The molecule has 104 valence electrons. The van der Waals surface area contributed by atoms with Crippen LogP contribution in [0, 0.1) is 11.8 Å². The Morgan fingerprint density at radius 2 is 2.00 bits per heavy atom. The van der Waals surface area contributed by atoms with E-state index in [4.69, 9.17) is 0 Å². The molecule has 0 radical (unpaired) electrons. The molecule has 0 saturated heterocycles. The van der Waals surface area contributed by atoms with E-state index in [-0.39, 0.29) is 12.1 Å². The maximum absolute atomic E-state index is 11.8. The van der Waals surface area contributed by atoms with Crippen LogP contribution in [0.4, 0.5) is 4.79 Å². The van der Waals surface area contributed by atoms with Crippen LogP contribution in [-0.2, 0) is 0 Å². The van der Waals surface area contributed by atoms with Crippen molar-refractivity contribution in [3.05, 3.63) is 0 Å². The smallest absolute Gasteiger partial charge is 0.315 e. The van der Waals surface area contributed by atoms with E-state index in [1.165, 1.54) is 12.8 Å². The summed E-state index contributed by atoms with van der Waals surface area (Å²) in [5.41, 5.74) is -0.636. The SMILES string of the molecule is CC1CCCC(NC(=O)NCC2(O)CCC2)C1C. The normalized spacial score (nSPS) is 34.5. The molecule has 0 aliphatic heterocycles. The number of amides is 2. The number of urea groups is 1. The third kappa shape index (κ3) is 3.16. The number of hydrogen-bond acceptors (Lipinski definition) is 2. The highest BCUT2D eigenvalue weighted by Gasteiger charge is 2.35. The number of carbonyl (C=O) groups excluding carboxylic acids is 1. The number of hydrogen-bond donors (Lipinski definition) is 3. The van der Waals surface area contributed by atoms with Crippen molar-refractivity contribution in [2.75, 3.05) is 6.54 Å². The Labute approximate surface area is 110 Å². The van der Waals surface area contributed by atoms with E-state index in [0.29, 0.717) is 18.4 Å². The monoisotopic (exact) mass is 254 g/mol. The van der Waals surface area contributed by atoms with Crippen molar-refractivity contribution in [1.29, 1.82) is 0 Å². The molecule has 3 N–H and O–H groups in total. The molecule has 4 nitrogen and oxygen atoms in total. The van der Waals surface area contributed by atoms with Crippen molar-refractivity contribution in [1.82, 2.24) is 10.6 Å². The van der Waals surface area contributed by atoms with Gasteiger partial charge >= 0.3 is 6.03 Å². The van der Waals surface area contributed by atoms with Gasteiger partial charge in [-0.2, -0.15) is 0 Å². The first-order valence-corrected chi connectivity index (χ1v) is 7.27. The van der Waals surface area contributed by atoms with Crippen LogP contribution in [0.5, 0.6) is 0 Å². The fraction of sp³-hybridized carbons (Fsp3) is 0.929. The Kier molecular flexibility index (Phi) is 4.15. The van der Waals surface area contributed by atoms with E-state index in [9.17, 15) is 9.90 Å². The van der Waals surface area contributed by atoms with E-state index in [2.05, 4.69) is 24.5 Å². The number of nitrogens with one attached hydrogen (secondary N) is 2. The van der Waals surface area contributed by atoms with Crippen LogP contribution in [0.25, 0.3) is 0 Å². The number of aliphatic hydroxyl groups is 1. The molecule has 2 amide bonds. The molecule has 0 heterocycles. The molecule has 18 heavy (non-hydrogen) atoms. The van der Waals surface area contributed by atoms with Gasteiger partial charge in [-0.25, -0.2) is 4.79 Å². The van der Waals surface area contributed by atoms with Crippen molar-refractivity contribution < 1.29 is 9.90 Å². The van der Waals surface area contributed by atoms with Crippen molar-refractivity contribution in [2.45, 2.75) is 64.0 Å². The minimum atomic E-state index is -0.636. The van der Waals surface area contributed by atoms with E-state index in [1.54, 1.807) is 0 Å². The van der Waals surface area contributed by atoms with E-state index in [1.807, 2.05) is 0 Å². The van der Waals surface area contributed by atoms with Gasteiger partial charge in [0.15, 0.2) is 0 Å². The first-order chi connectivity index (χ1) is 8.50. The summed E-state index contributed by atoms with van der Waals surface area (Å²) in [5.74, 6) is 1.22. The summed E-state index contributed by atoms with van der Waals surface area (Å²) in [7, 11) is 0. The predicted octanol–water partition coefficient (Wildman–Crippen LogP) is 2.03. The fourth-order valence-electron chi connectivity index (χ4n) is 3.01. The summed E-state index contributed by atoms with van der Waals surface area (Å²) in [5, 5.41) is 15.8. The van der Waals surface area contributed by atoms with Gasteiger partial charge in [0.2, 0.25) is 0 Å². The number of carbonyl (C=O) groups is 1. The van der Waals surface area contributed by atoms with Crippen molar-refractivity contribution >= 4 is 6.03 Å². The highest BCUT2D eigenvalue weighted by molar-refractivity contribution is 5.74. The van der Waals surface area contributed by atoms with Crippen LogP contribution in [0.15, 0.2) is 0 Å². The molecule has 0 aromatic rings. The third-order valence-corrected chi connectivity index (χ3v) is 4.89. The Balaban J connectivity index is 1.73. The summed E-state index contributed by atoms with van der Waals surface area (Å²) in [6, 6.07) is 0.158. The lowest BCUT2D eigenvalue weighted by atomic mass is 9.78. The summed E-state index contributed by atoms with van der Waals surface area (Å²) in [4.78, 5) is 11.8. The van der Waals surface area contributed by atoms with Crippen LogP contribution in [-0.4, -0.2) is 29.3 Å². The highest BCUT2D eigenvalue weighted by atomic mass is 16.3. The lowest BCUT2D eigenvalue weighted by Crippen LogP contribution is -2.53. The van der Waals surface area contributed by atoms with E-state index in [0.717, 1.165) is 25.7 Å². The lowest BCUT2D eigenvalue weighted by molar-refractivity contribution is -0.0291. The second kappa shape index (κ2) is 5.47. The molecule has 0 aromatic heterocycles. The van der Waals surface area contributed by atoms with Crippen molar-refractivity contribution in [3.8, 4) is 0 Å². The summed E-state index contributed by atoms with van der Waals surface area (Å²) < 4.78 is 0. The summed E-state index contributed by atoms with van der Waals surface area (Å²) in [6.07, 6.45) is 6.22. The van der Waals surface area contributed by atoms with Gasteiger partial charge < -0.3 is 15.7 Å². The molecular formula is C14H26N2O2. The standard InChI is InChI=1S/C14H26N2O2/c1-10-5-3-6-12(11(10)2)16-13(17)15-9-14(18)7-4-8-14/h10-12,18H,3-9H2,1-2H3,(H2,15,16,17). The van der Waals surface area contributed by atoms with Crippen molar-refractivity contribution in [2.24, 2.45) is 11.8 Å². The highest BCUT2D eigenvalue weighted by Crippen LogP contribution is 2.31. The number of rotatable bonds is 3. The molecule has 2 aliphatic carbocycles. The molecule has 2 fully saturated rings. The van der Waals surface area contributed by atoms with Crippen LogP contribution in [0.2, 0.25) is 0 Å². The molecule has 0 aromatic carbocycles. The molecule has 2 aliphatic rings. The van der Waals surface area contributed by atoms with Crippen LogP contribution in [0.1, 0.15) is 52.4 Å². The summed E-state index contributed by atoms with van der Waals surface area (Å²) >= 11 is 0. The zero-order chi connectivity index (χ0) is 13.2. The molecule has 2 rings (SSSR count). The minimum Gasteiger partial charge on any atom is -0.388 e. The van der Waals surface area contributed by atoms with Gasteiger partial charge in [-0.1, -0.05) is 26.7 Å². The molecule has 0 spiro atoms. The van der Waals surface area contributed by atoms with Gasteiger partial charge in [0.05, 0.1) is 5.60 Å². The molecule has 0 bridgehead atoms. The van der Waals surface area contributed by atoms with E-state index >= 15 is 0 Å². The van der Waals surface area contributed by atoms with Gasteiger partial charge in [-0.3, -0.25) is 0 Å². The van der Waals surface area contributed by atoms with Crippen molar-refractivity contribution in [3.63, 3.8) is 0 Å². The fourth-order valence-corrected chi connectivity index (χ4v) is 3.01. The molecule has 3 atom stereocenters. The second-order valence-corrected chi connectivity index (χ2v) is 6.28. The van der Waals surface area contributed by atoms with Gasteiger partial charge in [0.1, 0.15) is 0 Å².